The maximum atomic E-state index is 6.36. The molecule has 0 fully saturated rings. The zero-order chi connectivity index (χ0) is 17.4. The first-order chi connectivity index (χ1) is 12.1. The summed E-state index contributed by atoms with van der Waals surface area (Å²) in [5.41, 5.74) is 3.65. The van der Waals surface area contributed by atoms with Crippen molar-refractivity contribution in [3.63, 3.8) is 0 Å². The average molecular weight is 371 g/mol. The third-order valence-electron chi connectivity index (χ3n) is 3.84. The summed E-state index contributed by atoms with van der Waals surface area (Å²) in [6.45, 7) is 1.99. The first-order valence-corrected chi connectivity index (χ1v) is 8.23. The summed E-state index contributed by atoms with van der Waals surface area (Å²) in [4.78, 5) is 4.52. The number of H-pyrrole nitrogens is 1. The molecular formula is C17H12Cl2N6. The Hall–Kier alpha value is -2.70. The molecule has 0 unspecified atom stereocenters. The number of tetrazole rings is 1. The van der Waals surface area contributed by atoms with E-state index in [1.54, 1.807) is 12.1 Å². The van der Waals surface area contributed by atoms with Crippen LogP contribution in [0.3, 0.4) is 0 Å². The van der Waals surface area contributed by atoms with Crippen molar-refractivity contribution in [1.82, 2.24) is 30.2 Å². The monoisotopic (exact) mass is 370 g/mol. The number of nitrogens with zero attached hydrogens (tertiary/aromatic N) is 5. The van der Waals surface area contributed by atoms with Crippen LogP contribution in [0.2, 0.25) is 10.0 Å². The summed E-state index contributed by atoms with van der Waals surface area (Å²) in [6.07, 6.45) is 1.81. The number of halogens is 2. The lowest BCUT2D eigenvalue weighted by molar-refractivity contribution is 0.881. The zero-order valence-corrected chi connectivity index (χ0v) is 14.6. The summed E-state index contributed by atoms with van der Waals surface area (Å²) in [5, 5.41) is 15.1. The summed E-state index contributed by atoms with van der Waals surface area (Å²) >= 11 is 12.4. The van der Waals surface area contributed by atoms with Crippen LogP contribution < -0.4 is 0 Å². The molecule has 1 N–H and O–H groups in total. The Bertz CT molecular complexity index is 1020. The van der Waals surface area contributed by atoms with Gasteiger partial charge in [-0.2, -0.15) is 5.21 Å². The number of hydrogen-bond donors (Lipinski definition) is 1. The fourth-order valence-corrected chi connectivity index (χ4v) is 3.16. The normalized spacial score (nSPS) is 11.0. The Morgan fingerprint density at radius 3 is 2.52 bits per heavy atom. The highest BCUT2D eigenvalue weighted by Crippen LogP contribution is 2.32. The van der Waals surface area contributed by atoms with Crippen molar-refractivity contribution in [1.29, 1.82) is 0 Å². The highest BCUT2D eigenvalue weighted by atomic mass is 35.5. The molecule has 0 bridgehead atoms. The first-order valence-electron chi connectivity index (χ1n) is 7.47. The van der Waals surface area contributed by atoms with Crippen LogP contribution in [0.1, 0.15) is 5.69 Å². The SMILES string of the molecule is Cc1cnc(-c2ccc(Cl)cc2Cl)n1-c1ccc(-c2nn[nH]n2)cc1. The van der Waals surface area contributed by atoms with Crippen molar-refractivity contribution in [3.05, 3.63) is 64.4 Å². The highest BCUT2D eigenvalue weighted by Gasteiger charge is 2.14. The molecule has 2 aromatic carbocycles. The van der Waals surface area contributed by atoms with Crippen molar-refractivity contribution in [3.8, 4) is 28.5 Å². The largest absolute Gasteiger partial charge is 0.297 e. The minimum Gasteiger partial charge on any atom is -0.297 e. The summed E-state index contributed by atoms with van der Waals surface area (Å²) in [5.74, 6) is 1.31. The third kappa shape index (κ3) is 2.90. The van der Waals surface area contributed by atoms with Gasteiger partial charge in [-0.25, -0.2) is 4.98 Å². The van der Waals surface area contributed by atoms with Crippen LogP contribution in [0.25, 0.3) is 28.5 Å². The number of benzene rings is 2. The van der Waals surface area contributed by atoms with Gasteiger partial charge in [-0.1, -0.05) is 23.2 Å². The second-order valence-electron chi connectivity index (χ2n) is 5.47. The van der Waals surface area contributed by atoms with Gasteiger partial charge in [0.15, 0.2) is 0 Å². The van der Waals surface area contributed by atoms with E-state index in [0.717, 1.165) is 28.3 Å². The minimum atomic E-state index is 0.551. The number of imidazole rings is 1. The summed E-state index contributed by atoms with van der Waals surface area (Å²) in [7, 11) is 0. The van der Waals surface area contributed by atoms with Gasteiger partial charge in [0.1, 0.15) is 5.82 Å². The second-order valence-corrected chi connectivity index (χ2v) is 6.31. The zero-order valence-electron chi connectivity index (χ0n) is 13.1. The molecule has 124 valence electrons. The average Bonchev–Trinajstić information content (AvgIpc) is 3.25. The van der Waals surface area contributed by atoms with E-state index in [1.807, 2.05) is 48.0 Å². The lowest BCUT2D eigenvalue weighted by Gasteiger charge is -2.12. The van der Waals surface area contributed by atoms with Gasteiger partial charge in [0.25, 0.3) is 0 Å². The predicted octanol–water partition coefficient (Wildman–Crippen LogP) is 4.33. The molecule has 4 rings (SSSR count). The number of aromatic nitrogens is 6. The molecule has 0 saturated heterocycles. The van der Waals surface area contributed by atoms with Gasteiger partial charge in [0, 0.05) is 33.7 Å². The van der Waals surface area contributed by atoms with Crippen molar-refractivity contribution < 1.29 is 0 Å². The van der Waals surface area contributed by atoms with E-state index >= 15 is 0 Å². The van der Waals surface area contributed by atoms with Crippen molar-refractivity contribution >= 4 is 23.2 Å². The van der Waals surface area contributed by atoms with Crippen LogP contribution in [0.4, 0.5) is 0 Å². The maximum absolute atomic E-state index is 6.36. The molecule has 0 aliphatic carbocycles. The quantitative estimate of drug-likeness (QED) is 0.582. The Kier molecular flexibility index (Phi) is 3.99. The Balaban J connectivity index is 1.80. The van der Waals surface area contributed by atoms with E-state index in [9.17, 15) is 0 Å². The molecule has 0 atom stereocenters. The molecule has 6 nitrogen and oxygen atoms in total. The van der Waals surface area contributed by atoms with Gasteiger partial charge in [-0.05, 0) is 54.6 Å². The fraction of sp³-hybridized carbons (Fsp3) is 0.0588. The number of nitrogens with one attached hydrogen (secondary N) is 1. The molecule has 0 amide bonds. The van der Waals surface area contributed by atoms with Crippen LogP contribution in [0, 0.1) is 6.92 Å². The molecule has 2 aromatic heterocycles. The van der Waals surface area contributed by atoms with Crippen LogP contribution in [-0.4, -0.2) is 30.2 Å². The number of aryl methyl sites for hydroxylation is 1. The molecule has 0 aliphatic heterocycles. The van der Waals surface area contributed by atoms with Gasteiger partial charge in [-0.15, -0.1) is 10.2 Å². The minimum absolute atomic E-state index is 0.551. The molecule has 0 spiro atoms. The second kappa shape index (κ2) is 6.31. The van der Waals surface area contributed by atoms with Crippen LogP contribution in [0.5, 0.6) is 0 Å². The molecule has 0 radical (unpaired) electrons. The molecule has 0 saturated carbocycles. The Morgan fingerprint density at radius 1 is 1.04 bits per heavy atom. The van der Waals surface area contributed by atoms with Crippen LogP contribution in [0.15, 0.2) is 48.7 Å². The van der Waals surface area contributed by atoms with Crippen molar-refractivity contribution in [2.75, 3.05) is 0 Å². The summed E-state index contributed by atoms with van der Waals surface area (Å²) in [6, 6.07) is 13.2. The predicted molar refractivity (Wildman–Crippen MR) is 96.9 cm³/mol. The smallest absolute Gasteiger partial charge is 0.204 e. The van der Waals surface area contributed by atoms with Gasteiger partial charge in [-0.3, -0.25) is 4.57 Å². The lowest BCUT2D eigenvalue weighted by atomic mass is 10.1. The van der Waals surface area contributed by atoms with E-state index in [4.69, 9.17) is 23.2 Å². The Morgan fingerprint density at radius 2 is 1.84 bits per heavy atom. The molecule has 0 aliphatic rings. The summed E-state index contributed by atoms with van der Waals surface area (Å²) < 4.78 is 2.04. The van der Waals surface area contributed by atoms with Crippen molar-refractivity contribution in [2.24, 2.45) is 0 Å². The fourth-order valence-electron chi connectivity index (χ4n) is 2.67. The van der Waals surface area contributed by atoms with Gasteiger partial charge >= 0.3 is 0 Å². The van der Waals surface area contributed by atoms with Gasteiger partial charge in [0.2, 0.25) is 5.82 Å². The molecule has 4 aromatic rings. The van der Waals surface area contributed by atoms with Crippen molar-refractivity contribution in [2.45, 2.75) is 6.92 Å². The number of rotatable bonds is 3. The van der Waals surface area contributed by atoms with E-state index in [-0.39, 0.29) is 0 Å². The van der Waals surface area contributed by atoms with E-state index < -0.39 is 0 Å². The maximum Gasteiger partial charge on any atom is 0.204 e. The molecule has 2 heterocycles. The van der Waals surface area contributed by atoms with E-state index in [0.29, 0.717) is 15.9 Å². The number of hydrogen-bond acceptors (Lipinski definition) is 4. The van der Waals surface area contributed by atoms with Crippen LogP contribution >= 0.6 is 23.2 Å². The highest BCUT2D eigenvalue weighted by molar-refractivity contribution is 6.36. The topological polar surface area (TPSA) is 72.3 Å². The number of aromatic amines is 1. The first kappa shape index (κ1) is 15.8. The van der Waals surface area contributed by atoms with Crippen LogP contribution in [-0.2, 0) is 0 Å². The van der Waals surface area contributed by atoms with Gasteiger partial charge < -0.3 is 0 Å². The molecule has 8 heteroatoms. The lowest BCUT2D eigenvalue weighted by Crippen LogP contribution is -2.00. The molecule has 25 heavy (non-hydrogen) atoms. The van der Waals surface area contributed by atoms with E-state index in [1.165, 1.54) is 0 Å². The Labute approximate surface area is 153 Å². The van der Waals surface area contributed by atoms with Gasteiger partial charge in [0.05, 0.1) is 5.02 Å². The third-order valence-corrected chi connectivity index (χ3v) is 4.39. The van der Waals surface area contributed by atoms with E-state index in [2.05, 4.69) is 25.6 Å². The standard InChI is InChI=1S/C17H12Cl2N6/c1-10-9-20-17(14-7-4-12(18)8-15(14)19)25(10)13-5-2-11(3-6-13)16-21-23-24-22-16/h2-9H,1H3,(H,21,22,23,24). The molecular weight excluding hydrogens is 359 g/mol.